The molecule has 3 nitrogen and oxygen atoms in total. The van der Waals surface area contributed by atoms with Crippen LogP contribution in [0.1, 0.15) is 59.1 Å². The first-order chi connectivity index (χ1) is 10.8. The second-order valence-corrected chi connectivity index (χ2v) is 5.66. The van der Waals surface area contributed by atoms with Crippen molar-refractivity contribution in [2.75, 3.05) is 6.61 Å². The molecule has 0 aliphatic carbocycles. The summed E-state index contributed by atoms with van der Waals surface area (Å²) < 4.78 is 4.92. The summed E-state index contributed by atoms with van der Waals surface area (Å²) in [6.07, 6.45) is 4.08. The summed E-state index contributed by atoms with van der Waals surface area (Å²) in [5, 5.41) is 0. The number of ether oxygens (including phenoxy) is 1. The van der Waals surface area contributed by atoms with Gasteiger partial charge < -0.3 is 10.5 Å². The van der Waals surface area contributed by atoms with E-state index in [9.17, 15) is 4.79 Å². The summed E-state index contributed by atoms with van der Waals surface area (Å²) in [5.41, 5.74) is 7.87. The summed E-state index contributed by atoms with van der Waals surface area (Å²) in [6.45, 7) is 15.8. The van der Waals surface area contributed by atoms with Crippen LogP contribution in [-0.2, 0) is 22.4 Å². The quantitative estimate of drug-likeness (QED) is 0.611. The Morgan fingerprint density at radius 3 is 2.22 bits per heavy atom. The van der Waals surface area contributed by atoms with Gasteiger partial charge in [-0.1, -0.05) is 51.1 Å². The van der Waals surface area contributed by atoms with E-state index in [1.54, 1.807) is 0 Å². The zero-order chi connectivity index (χ0) is 18.3. The molecule has 0 bridgehead atoms. The molecule has 132 valence electrons. The lowest BCUT2D eigenvalue weighted by Gasteiger charge is -2.18. The predicted octanol–water partition coefficient (Wildman–Crippen LogP) is 4.68. The van der Waals surface area contributed by atoms with Gasteiger partial charge in [-0.3, -0.25) is 4.79 Å². The van der Waals surface area contributed by atoms with Crippen LogP contribution in [-0.4, -0.2) is 18.1 Å². The van der Waals surface area contributed by atoms with Gasteiger partial charge in [-0.25, -0.2) is 0 Å². The highest BCUT2D eigenvalue weighted by Crippen LogP contribution is 2.12. The van der Waals surface area contributed by atoms with E-state index in [1.807, 2.05) is 65.0 Å². The molecule has 0 amide bonds. The fraction of sp³-hybridized carbons (Fsp3) is 0.550. The molecule has 0 saturated carbocycles. The van der Waals surface area contributed by atoms with E-state index < -0.39 is 0 Å². The number of esters is 1. The van der Waals surface area contributed by atoms with Gasteiger partial charge in [-0.2, -0.15) is 0 Å². The smallest absolute Gasteiger partial charge is 0.310 e. The average Bonchev–Trinajstić information content (AvgIpc) is 2.48. The van der Waals surface area contributed by atoms with E-state index in [1.165, 1.54) is 0 Å². The summed E-state index contributed by atoms with van der Waals surface area (Å²) in [7, 11) is 0. The minimum atomic E-state index is -0.234. The van der Waals surface area contributed by atoms with Crippen molar-refractivity contribution in [2.45, 2.75) is 66.3 Å². The molecule has 0 atom stereocenters. The third-order valence-corrected chi connectivity index (χ3v) is 2.59. The van der Waals surface area contributed by atoms with Crippen LogP contribution in [0.15, 0.2) is 36.9 Å². The van der Waals surface area contributed by atoms with Crippen LogP contribution in [0.4, 0.5) is 0 Å². The third kappa shape index (κ3) is 15.1. The van der Waals surface area contributed by atoms with Gasteiger partial charge in [0.15, 0.2) is 0 Å². The molecule has 23 heavy (non-hydrogen) atoms. The summed E-state index contributed by atoms with van der Waals surface area (Å²) in [6, 6.07) is 7.94. The number of benzene rings is 1. The number of hydrogen-bond donors (Lipinski definition) is 1. The van der Waals surface area contributed by atoms with Crippen LogP contribution in [0, 0.1) is 0 Å². The first-order valence-electron chi connectivity index (χ1n) is 8.45. The molecule has 0 fully saturated rings. The highest BCUT2D eigenvalue weighted by molar-refractivity contribution is 5.72. The molecule has 3 heteroatoms. The van der Waals surface area contributed by atoms with Crippen molar-refractivity contribution in [3.8, 4) is 0 Å². The topological polar surface area (TPSA) is 52.3 Å². The van der Waals surface area contributed by atoms with Crippen LogP contribution in [0.5, 0.6) is 0 Å². The summed E-state index contributed by atoms with van der Waals surface area (Å²) in [4.78, 5) is 11.4. The van der Waals surface area contributed by atoms with Crippen molar-refractivity contribution in [2.24, 2.45) is 5.73 Å². The molecule has 1 rings (SSSR count). The summed E-state index contributed by atoms with van der Waals surface area (Å²) >= 11 is 0. The maximum absolute atomic E-state index is 11.4. The Hall–Kier alpha value is -1.61. The van der Waals surface area contributed by atoms with Gasteiger partial charge in [0.1, 0.15) is 0 Å². The van der Waals surface area contributed by atoms with Gasteiger partial charge in [-0.05, 0) is 44.7 Å². The highest BCUT2D eigenvalue weighted by atomic mass is 16.5. The van der Waals surface area contributed by atoms with Gasteiger partial charge in [0.2, 0.25) is 0 Å². The molecule has 0 unspecified atom stereocenters. The first-order valence-corrected chi connectivity index (χ1v) is 8.45. The summed E-state index contributed by atoms with van der Waals surface area (Å²) in [5.74, 6) is -0.184. The molecule has 0 radical (unpaired) electrons. The van der Waals surface area contributed by atoms with Crippen LogP contribution in [0.2, 0.25) is 0 Å². The second kappa shape index (κ2) is 14.0. The minimum Gasteiger partial charge on any atom is -0.466 e. The second-order valence-electron chi connectivity index (χ2n) is 5.66. The lowest BCUT2D eigenvalue weighted by Crippen LogP contribution is -2.34. The van der Waals surface area contributed by atoms with E-state index in [4.69, 9.17) is 10.5 Å². The maximum Gasteiger partial charge on any atom is 0.310 e. The van der Waals surface area contributed by atoms with E-state index in [0.717, 1.165) is 24.0 Å². The SMILES string of the molecule is C=CCC.CC.CCOC(=O)Cc1cccc(CC(C)(C)N)c1. The molecule has 1 aromatic rings. The van der Waals surface area contributed by atoms with Crippen molar-refractivity contribution < 1.29 is 9.53 Å². The minimum absolute atomic E-state index is 0.184. The van der Waals surface area contributed by atoms with Gasteiger partial charge in [-0.15, -0.1) is 6.58 Å². The zero-order valence-electron chi connectivity index (χ0n) is 15.8. The first kappa shape index (κ1) is 23.7. The maximum atomic E-state index is 11.4. The Bertz CT molecular complexity index is 434. The molecule has 0 aliphatic heterocycles. The third-order valence-electron chi connectivity index (χ3n) is 2.59. The molecule has 0 aliphatic rings. The van der Waals surface area contributed by atoms with Crippen LogP contribution in [0.3, 0.4) is 0 Å². The van der Waals surface area contributed by atoms with Crippen molar-refractivity contribution >= 4 is 5.97 Å². The van der Waals surface area contributed by atoms with E-state index >= 15 is 0 Å². The predicted molar refractivity (Wildman–Crippen MR) is 101 cm³/mol. The highest BCUT2D eigenvalue weighted by Gasteiger charge is 2.12. The standard InChI is InChI=1S/C14H21NO2.C4H8.C2H6/c1-4-17-13(16)9-11-6-5-7-12(8-11)10-14(2,3)15;1-3-4-2;1-2/h5-8H,4,9-10,15H2,1-3H3;3H,1,4H2,2H3;1-2H3. The van der Waals surface area contributed by atoms with E-state index in [-0.39, 0.29) is 11.5 Å². The van der Waals surface area contributed by atoms with Gasteiger partial charge in [0.25, 0.3) is 0 Å². The molecule has 2 N–H and O–H groups in total. The number of carbonyl (C=O) groups excluding carboxylic acids is 1. The van der Waals surface area contributed by atoms with Crippen molar-refractivity contribution in [1.82, 2.24) is 0 Å². The van der Waals surface area contributed by atoms with Crippen LogP contribution >= 0.6 is 0 Å². The zero-order valence-corrected chi connectivity index (χ0v) is 15.8. The number of hydrogen-bond acceptors (Lipinski definition) is 3. The lowest BCUT2D eigenvalue weighted by atomic mass is 9.95. The lowest BCUT2D eigenvalue weighted by molar-refractivity contribution is -0.142. The fourth-order valence-corrected chi connectivity index (χ4v) is 1.75. The number of allylic oxidation sites excluding steroid dienone is 1. The van der Waals surface area contributed by atoms with Gasteiger partial charge in [0, 0.05) is 5.54 Å². The van der Waals surface area contributed by atoms with Crippen LogP contribution in [0.25, 0.3) is 0 Å². The molecule has 0 spiro atoms. The molecule has 1 aromatic carbocycles. The molecular formula is C20H35NO2. The fourth-order valence-electron chi connectivity index (χ4n) is 1.75. The molecule has 0 aromatic heterocycles. The Labute approximate surface area is 142 Å². The Morgan fingerprint density at radius 2 is 1.78 bits per heavy atom. The number of nitrogens with two attached hydrogens (primary N) is 1. The normalized spacial score (nSPS) is 9.70. The molecular weight excluding hydrogens is 286 g/mol. The van der Waals surface area contributed by atoms with Crippen molar-refractivity contribution in [3.63, 3.8) is 0 Å². The molecule has 0 saturated heterocycles. The Balaban J connectivity index is 0. The largest absolute Gasteiger partial charge is 0.466 e. The van der Waals surface area contributed by atoms with Gasteiger partial charge >= 0.3 is 5.97 Å². The number of rotatable bonds is 6. The molecule has 0 heterocycles. The monoisotopic (exact) mass is 321 g/mol. The van der Waals surface area contributed by atoms with Crippen molar-refractivity contribution in [3.05, 3.63) is 48.0 Å². The Kier molecular flexibility index (Phi) is 14.4. The average molecular weight is 322 g/mol. The van der Waals surface area contributed by atoms with Crippen LogP contribution < -0.4 is 5.73 Å². The van der Waals surface area contributed by atoms with E-state index in [0.29, 0.717) is 13.0 Å². The van der Waals surface area contributed by atoms with E-state index in [2.05, 4.69) is 13.5 Å². The number of carbonyl (C=O) groups is 1. The Morgan fingerprint density at radius 1 is 1.26 bits per heavy atom. The van der Waals surface area contributed by atoms with Gasteiger partial charge in [0.05, 0.1) is 13.0 Å². The van der Waals surface area contributed by atoms with Crippen molar-refractivity contribution in [1.29, 1.82) is 0 Å².